The number of hydrogen-bond acceptors (Lipinski definition) is 5. The van der Waals surface area contributed by atoms with Crippen molar-refractivity contribution >= 4 is 23.1 Å². The quantitative estimate of drug-likeness (QED) is 0.853. The number of alkyl halides is 3. The second-order valence-electron chi connectivity index (χ2n) is 3.03. The highest BCUT2D eigenvalue weighted by molar-refractivity contribution is 7.02. The van der Waals surface area contributed by atoms with E-state index in [1.807, 2.05) is 0 Å². The van der Waals surface area contributed by atoms with Crippen LogP contribution in [0.3, 0.4) is 0 Å². The first-order valence-corrected chi connectivity index (χ1v) is 5.53. The summed E-state index contributed by atoms with van der Waals surface area (Å²) in [5.74, 6) is -0.545. The topological polar surface area (TPSA) is 52.3 Å². The van der Waals surface area contributed by atoms with Gasteiger partial charge in [-0.1, -0.05) is 11.6 Å². The van der Waals surface area contributed by atoms with Gasteiger partial charge in [0.1, 0.15) is 5.75 Å². The van der Waals surface area contributed by atoms with Gasteiger partial charge in [0.05, 0.1) is 16.6 Å². The molecule has 0 saturated carbocycles. The van der Waals surface area contributed by atoms with Crippen LogP contribution in [0.15, 0.2) is 27.4 Å². The van der Waals surface area contributed by atoms with Crippen molar-refractivity contribution in [1.29, 1.82) is 0 Å². The standard InChI is InChI=1S/C9H3ClF3NO3S/c10-5-3-4(7-14-18-8(15)16-7)1-2-6(5)17-9(11,12)13/h1-3H. The Labute approximate surface area is 107 Å². The zero-order valence-electron chi connectivity index (χ0n) is 8.32. The smallest absolute Gasteiger partial charge is 0.404 e. The van der Waals surface area contributed by atoms with Crippen LogP contribution in [-0.2, 0) is 0 Å². The Morgan fingerprint density at radius 3 is 2.61 bits per heavy atom. The Morgan fingerprint density at radius 2 is 2.11 bits per heavy atom. The molecular formula is C9H3ClF3NO3S. The average molecular weight is 298 g/mol. The van der Waals surface area contributed by atoms with Crippen molar-refractivity contribution in [2.45, 2.75) is 6.36 Å². The van der Waals surface area contributed by atoms with E-state index in [-0.39, 0.29) is 16.5 Å². The fourth-order valence-corrected chi connectivity index (χ4v) is 1.78. The minimum absolute atomic E-state index is 0.00883. The summed E-state index contributed by atoms with van der Waals surface area (Å²) in [5, 5.41) is -0.263. The molecular weight excluding hydrogens is 295 g/mol. The fraction of sp³-hybridized carbons (Fsp3) is 0.111. The van der Waals surface area contributed by atoms with Crippen LogP contribution in [0.1, 0.15) is 0 Å². The monoisotopic (exact) mass is 297 g/mol. The van der Waals surface area contributed by atoms with Gasteiger partial charge in [-0.3, -0.25) is 0 Å². The lowest BCUT2D eigenvalue weighted by molar-refractivity contribution is -0.274. The highest BCUT2D eigenvalue weighted by Gasteiger charge is 2.32. The summed E-state index contributed by atoms with van der Waals surface area (Å²) in [6.45, 7) is 0. The first-order chi connectivity index (χ1) is 8.35. The van der Waals surface area contributed by atoms with Crippen molar-refractivity contribution in [2.75, 3.05) is 0 Å². The Bertz CT molecular complexity index is 622. The van der Waals surface area contributed by atoms with E-state index in [2.05, 4.69) is 9.11 Å². The normalized spacial score (nSPS) is 11.6. The molecule has 1 heterocycles. The third-order valence-electron chi connectivity index (χ3n) is 1.79. The molecule has 0 amide bonds. The Hall–Kier alpha value is -1.54. The summed E-state index contributed by atoms with van der Waals surface area (Å²) in [6.07, 6.45) is -4.82. The van der Waals surface area contributed by atoms with E-state index in [1.54, 1.807) is 0 Å². The zero-order valence-corrected chi connectivity index (χ0v) is 9.90. The van der Waals surface area contributed by atoms with Gasteiger partial charge < -0.3 is 9.15 Å². The van der Waals surface area contributed by atoms with E-state index >= 15 is 0 Å². The van der Waals surface area contributed by atoms with E-state index < -0.39 is 17.1 Å². The van der Waals surface area contributed by atoms with Crippen molar-refractivity contribution in [3.8, 4) is 17.2 Å². The molecule has 0 bridgehead atoms. The van der Waals surface area contributed by atoms with E-state index in [9.17, 15) is 18.0 Å². The van der Waals surface area contributed by atoms with E-state index in [0.717, 1.165) is 6.07 Å². The van der Waals surface area contributed by atoms with Crippen molar-refractivity contribution in [1.82, 2.24) is 4.37 Å². The van der Waals surface area contributed by atoms with Crippen LogP contribution >= 0.6 is 23.1 Å². The Kier molecular flexibility index (Phi) is 3.31. The van der Waals surface area contributed by atoms with Gasteiger partial charge in [0.2, 0.25) is 5.89 Å². The van der Waals surface area contributed by atoms with Crippen molar-refractivity contribution in [2.24, 2.45) is 0 Å². The molecule has 0 N–H and O–H groups in total. The van der Waals surface area contributed by atoms with Gasteiger partial charge in [-0.05, 0) is 18.2 Å². The van der Waals surface area contributed by atoms with Crippen LogP contribution in [-0.4, -0.2) is 10.7 Å². The Balaban J connectivity index is 2.33. The van der Waals surface area contributed by atoms with Gasteiger partial charge >= 0.3 is 11.3 Å². The largest absolute Gasteiger partial charge is 0.573 e. The molecule has 0 unspecified atom stereocenters. The van der Waals surface area contributed by atoms with Gasteiger partial charge in [0.15, 0.2) is 0 Å². The summed E-state index contributed by atoms with van der Waals surface area (Å²) in [4.78, 5) is 10.2. The molecule has 0 aliphatic heterocycles. The first kappa shape index (κ1) is 12.9. The van der Waals surface area contributed by atoms with E-state index in [0.29, 0.717) is 11.5 Å². The summed E-state index contributed by atoms with van der Waals surface area (Å²) in [5.41, 5.74) is 0.285. The summed E-state index contributed by atoms with van der Waals surface area (Å²) in [7, 11) is 0. The minimum Gasteiger partial charge on any atom is -0.404 e. The number of nitrogens with zero attached hydrogens (tertiary/aromatic N) is 1. The van der Waals surface area contributed by atoms with Gasteiger partial charge in [-0.15, -0.1) is 17.5 Å². The molecule has 2 aromatic rings. The molecule has 0 fully saturated rings. The number of rotatable bonds is 2. The molecule has 0 saturated heterocycles. The Morgan fingerprint density at radius 1 is 1.39 bits per heavy atom. The van der Waals surface area contributed by atoms with Gasteiger partial charge in [-0.25, -0.2) is 4.79 Å². The highest BCUT2D eigenvalue weighted by atomic mass is 35.5. The zero-order chi connectivity index (χ0) is 13.3. The van der Waals surface area contributed by atoms with Crippen LogP contribution in [0.5, 0.6) is 5.75 Å². The molecule has 2 rings (SSSR count). The molecule has 0 radical (unpaired) electrons. The third kappa shape index (κ3) is 3.02. The van der Waals surface area contributed by atoms with Crippen LogP contribution < -0.4 is 9.68 Å². The molecule has 96 valence electrons. The van der Waals surface area contributed by atoms with Crippen LogP contribution in [0.4, 0.5) is 13.2 Å². The molecule has 0 aliphatic carbocycles. The lowest BCUT2D eigenvalue weighted by Gasteiger charge is -2.10. The molecule has 9 heteroatoms. The molecule has 18 heavy (non-hydrogen) atoms. The molecule has 0 atom stereocenters. The molecule has 0 spiro atoms. The predicted octanol–water partition coefficient (Wildman–Crippen LogP) is 3.32. The maximum atomic E-state index is 12.0. The lowest BCUT2D eigenvalue weighted by atomic mass is 10.2. The molecule has 1 aromatic heterocycles. The van der Waals surface area contributed by atoms with Gasteiger partial charge in [0.25, 0.3) is 0 Å². The van der Waals surface area contributed by atoms with Crippen LogP contribution in [0, 0.1) is 0 Å². The average Bonchev–Trinajstić information content (AvgIpc) is 2.66. The maximum Gasteiger partial charge on any atom is 0.573 e. The number of aromatic nitrogens is 1. The van der Waals surface area contributed by atoms with Crippen molar-refractivity contribution in [3.63, 3.8) is 0 Å². The van der Waals surface area contributed by atoms with E-state index in [1.165, 1.54) is 12.1 Å². The second kappa shape index (κ2) is 4.62. The first-order valence-electron chi connectivity index (χ1n) is 4.37. The number of benzene rings is 1. The van der Waals surface area contributed by atoms with Crippen LogP contribution in [0.2, 0.25) is 5.02 Å². The molecule has 0 aliphatic rings. The highest BCUT2D eigenvalue weighted by Crippen LogP contribution is 2.33. The number of hydrogen-bond donors (Lipinski definition) is 0. The fourth-order valence-electron chi connectivity index (χ4n) is 1.15. The molecule has 4 nitrogen and oxygen atoms in total. The van der Waals surface area contributed by atoms with Crippen molar-refractivity contribution < 1.29 is 22.3 Å². The molecule has 1 aromatic carbocycles. The minimum atomic E-state index is -4.82. The second-order valence-corrected chi connectivity index (χ2v) is 4.14. The number of halogens is 4. The lowest BCUT2D eigenvalue weighted by Crippen LogP contribution is -2.17. The van der Waals surface area contributed by atoms with Gasteiger partial charge in [-0.2, -0.15) is 0 Å². The van der Waals surface area contributed by atoms with Crippen LogP contribution in [0.25, 0.3) is 11.5 Å². The van der Waals surface area contributed by atoms with Crippen molar-refractivity contribution in [3.05, 3.63) is 33.0 Å². The third-order valence-corrected chi connectivity index (χ3v) is 2.57. The SMILES string of the molecule is O=c1oc(-c2ccc(OC(F)(F)F)c(Cl)c2)ns1. The maximum absolute atomic E-state index is 12.0. The predicted molar refractivity (Wildman–Crippen MR) is 57.8 cm³/mol. The number of ether oxygens (including phenoxy) is 1. The summed E-state index contributed by atoms with van der Waals surface area (Å²) < 4.78 is 48.0. The van der Waals surface area contributed by atoms with E-state index in [4.69, 9.17) is 16.0 Å². The summed E-state index contributed by atoms with van der Waals surface area (Å²) in [6, 6.07) is 3.44. The summed E-state index contributed by atoms with van der Waals surface area (Å²) >= 11 is 6.22. The van der Waals surface area contributed by atoms with Gasteiger partial charge in [0, 0.05) is 5.56 Å².